The van der Waals surface area contributed by atoms with Crippen molar-refractivity contribution in [1.29, 1.82) is 0 Å². The zero-order chi connectivity index (χ0) is 20.4. The Morgan fingerprint density at radius 1 is 1.29 bits per heavy atom. The summed E-state index contributed by atoms with van der Waals surface area (Å²) in [5, 5.41) is 9.33. The van der Waals surface area contributed by atoms with Crippen molar-refractivity contribution in [2.45, 2.75) is 39.2 Å². The second-order valence-corrected chi connectivity index (χ2v) is 6.74. The van der Waals surface area contributed by atoms with Crippen LogP contribution in [-0.2, 0) is 16.0 Å². The highest BCUT2D eigenvalue weighted by Crippen LogP contribution is 2.10. The molecule has 1 atom stereocenters. The highest BCUT2D eigenvalue weighted by atomic mass is 19.1. The molecule has 0 saturated carbocycles. The van der Waals surface area contributed by atoms with Crippen LogP contribution in [0.5, 0.6) is 0 Å². The summed E-state index contributed by atoms with van der Waals surface area (Å²) in [5.41, 5.74) is 0.642. The van der Waals surface area contributed by atoms with Crippen LogP contribution in [0.25, 0.3) is 0 Å². The molecule has 1 fully saturated rings. The van der Waals surface area contributed by atoms with Crippen molar-refractivity contribution in [2.24, 2.45) is 4.99 Å². The van der Waals surface area contributed by atoms with Gasteiger partial charge in [0.1, 0.15) is 5.82 Å². The molecule has 0 aromatic heterocycles. The Labute approximate surface area is 165 Å². The molecule has 1 saturated heterocycles. The first-order valence-corrected chi connectivity index (χ1v) is 9.85. The molecule has 1 unspecified atom stereocenters. The van der Waals surface area contributed by atoms with Gasteiger partial charge in [0.2, 0.25) is 11.8 Å². The first-order chi connectivity index (χ1) is 13.5. The summed E-state index contributed by atoms with van der Waals surface area (Å²) >= 11 is 0. The lowest BCUT2D eigenvalue weighted by molar-refractivity contribution is -0.129. The van der Waals surface area contributed by atoms with Gasteiger partial charge in [-0.3, -0.25) is 14.6 Å². The number of likely N-dealkylation sites (tertiary alicyclic amines) is 1. The highest BCUT2D eigenvalue weighted by molar-refractivity contribution is 5.81. The molecule has 1 aromatic rings. The molecule has 0 bridgehead atoms. The summed E-state index contributed by atoms with van der Waals surface area (Å²) < 4.78 is 13.2. The van der Waals surface area contributed by atoms with E-state index in [4.69, 9.17) is 0 Å². The molecule has 0 radical (unpaired) electrons. The summed E-state index contributed by atoms with van der Waals surface area (Å²) in [4.78, 5) is 30.1. The first kappa shape index (κ1) is 21.7. The first-order valence-electron chi connectivity index (χ1n) is 9.85. The Bertz CT molecular complexity index is 695. The quantitative estimate of drug-likeness (QED) is 0.351. The molecule has 0 aliphatic carbocycles. The van der Waals surface area contributed by atoms with Crippen molar-refractivity contribution in [3.8, 4) is 0 Å². The zero-order valence-electron chi connectivity index (χ0n) is 16.6. The van der Waals surface area contributed by atoms with Crippen molar-refractivity contribution in [3.63, 3.8) is 0 Å². The minimum Gasteiger partial charge on any atom is -0.357 e. The molecular weight excluding hydrogens is 361 g/mol. The van der Waals surface area contributed by atoms with E-state index in [1.165, 1.54) is 12.1 Å². The third-order valence-corrected chi connectivity index (χ3v) is 4.49. The molecule has 1 heterocycles. The molecule has 2 amide bonds. The molecule has 3 N–H and O–H groups in total. The number of rotatable bonds is 8. The van der Waals surface area contributed by atoms with E-state index in [1.807, 2.05) is 18.7 Å². The lowest BCUT2D eigenvalue weighted by atomic mass is 10.1. The van der Waals surface area contributed by atoms with E-state index < -0.39 is 0 Å². The van der Waals surface area contributed by atoms with Gasteiger partial charge < -0.3 is 20.9 Å². The van der Waals surface area contributed by atoms with Crippen molar-refractivity contribution < 1.29 is 14.0 Å². The van der Waals surface area contributed by atoms with Crippen LogP contribution < -0.4 is 16.0 Å². The number of aliphatic imine (C=N–C) groups is 1. The SMILES string of the molecule is CCNC(=NCCNC(=O)Cc1cccc(F)c1)NC1CCN(C(=O)CC)C1. The number of carbonyl (C=O) groups is 2. The maximum atomic E-state index is 13.2. The molecule has 154 valence electrons. The molecular formula is C20H30FN5O2. The Hall–Kier alpha value is -2.64. The maximum absolute atomic E-state index is 13.2. The summed E-state index contributed by atoms with van der Waals surface area (Å²) in [6, 6.07) is 6.21. The van der Waals surface area contributed by atoms with E-state index in [-0.39, 0.29) is 30.1 Å². The van der Waals surface area contributed by atoms with Crippen LogP contribution in [0.2, 0.25) is 0 Å². The van der Waals surface area contributed by atoms with Crippen LogP contribution in [-0.4, -0.2) is 61.4 Å². The molecule has 1 aliphatic rings. The van der Waals surface area contributed by atoms with Gasteiger partial charge in [-0.2, -0.15) is 0 Å². The number of amides is 2. The number of hydrogen-bond acceptors (Lipinski definition) is 3. The fraction of sp³-hybridized carbons (Fsp3) is 0.550. The highest BCUT2D eigenvalue weighted by Gasteiger charge is 2.25. The van der Waals surface area contributed by atoms with Gasteiger partial charge in [-0.05, 0) is 31.0 Å². The van der Waals surface area contributed by atoms with E-state index >= 15 is 0 Å². The van der Waals surface area contributed by atoms with Crippen LogP contribution in [0.3, 0.4) is 0 Å². The standard InChI is InChI=1S/C20H30FN5O2/c1-3-19(28)26-11-8-17(14-26)25-20(22-4-2)24-10-9-23-18(27)13-15-6-5-7-16(21)12-15/h5-7,12,17H,3-4,8-11,13-14H2,1-2H3,(H,23,27)(H2,22,24,25). The number of nitrogens with zero attached hydrogens (tertiary/aromatic N) is 2. The smallest absolute Gasteiger partial charge is 0.224 e. The van der Waals surface area contributed by atoms with Gasteiger partial charge in [0.25, 0.3) is 0 Å². The normalized spacial score (nSPS) is 16.8. The van der Waals surface area contributed by atoms with Crippen LogP contribution in [0, 0.1) is 5.82 Å². The second-order valence-electron chi connectivity index (χ2n) is 6.74. The molecule has 7 nitrogen and oxygen atoms in total. The van der Waals surface area contributed by atoms with Gasteiger partial charge in [0.05, 0.1) is 13.0 Å². The van der Waals surface area contributed by atoms with Crippen molar-refractivity contribution in [3.05, 3.63) is 35.6 Å². The zero-order valence-corrected chi connectivity index (χ0v) is 16.6. The Balaban J connectivity index is 1.74. The number of guanidine groups is 1. The van der Waals surface area contributed by atoms with Gasteiger partial charge in [-0.1, -0.05) is 19.1 Å². The van der Waals surface area contributed by atoms with Gasteiger partial charge >= 0.3 is 0 Å². The summed E-state index contributed by atoms with van der Waals surface area (Å²) in [6.45, 7) is 6.85. The van der Waals surface area contributed by atoms with E-state index in [9.17, 15) is 14.0 Å². The predicted molar refractivity (Wildman–Crippen MR) is 108 cm³/mol. The molecule has 2 rings (SSSR count). The predicted octanol–water partition coefficient (Wildman–Crippen LogP) is 1.05. The summed E-state index contributed by atoms with van der Waals surface area (Å²) in [6.07, 6.45) is 1.56. The lowest BCUT2D eigenvalue weighted by Crippen LogP contribution is -2.45. The maximum Gasteiger partial charge on any atom is 0.224 e. The van der Waals surface area contributed by atoms with Gasteiger partial charge in [-0.15, -0.1) is 0 Å². The summed E-state index contributed by atoms with van der Waals surface area (Å²) in [5.74, 6) is 0.343. The fourth-order valence-corrected chi connectivity index (χ4v) is 3.10. The minimum atomic E-state index is -0.345. The van der Waals surface area contributed by atoms with Crippen LogP contribution in [0.1, 0.15) is 32.3 Å². The van der Waals surface area contributed by atoms with Crippen molar-refractivity contribution in [2.75, 3.05) is 32.7 Å². The molecule has 1 aromatic carbocycles. The Morgan fingerprint density at radius 2 is 2.11 bits per heavy atom. The lowest BCUT2D eigenvalue weighted by Gasteiger charge is -2.18. The van der Waals surface area contributed by atoms with Gasteiger partial charge in [-0.25, -0.2) is 4.39 Å². The van der Waals surface area contributed by atoms with Gasteiger partial charge in [0.15, 0.2) is 5.96 Å². The van der Waals surface area contributed by atoms with E-state index in [2.05, 4.69) is 20.9 Å². The Kier molecular flexibility index (Phi) is 8.71. The van der Waals surface area contributed by atoms with Crippen molar-refractivity contribution >= 4 is 17.8 Å². The fourth-order valence-electron chi connectivity index (χ4n) is 3.10. The number of benzene rings is 1. The van der Waals surface area contributed by atoms with Gasteiger partial charge in [0, 0.05) is 38.6 Å². The molecule has 1 aliphatic heterocycles. The summed E-state index contributed by atoms with van der Waals surface area (Å²) in [7, 11) is 0. The second kappa shape index (κ2) is 11.3. The molecule has 0 spiro atoms. The number of hydrogen-bond donors (Lipinski definition) is 3. The number of nitrogens with one attached hydrogen (secondary N) is 3. The number of halogens is 1. The number of carbonyl (C=O) groups excluding carboxylic acids is 2. The van der Waals surface area contributed by atoms with Crippen LogP contribution in [0.4, 0.5) is 4.39 Å². The van der Waals surface area contributed by atoms with Crippen LogP contribution in [0.15, 0.2) is 29.3 Å². The van der Waals surface area contributed by atoms with E-state index in [1.54, 1.807) is 12.1 Å². The molecule has 8 heteroatoms. The third kappa shape index (κ3) is 7.17. The largest absolute Gasteiger partial charge is 0.357 e. The monoisotopic (exact) mass is 391 g/mol. The average molecular weight is 391 g/mol. The topological polar surface area (TPSA) is 85.8 Å². The third-order valence-electron chi connectivity index (χ3n) is 4.49. The van der Waals surface area contributed by atoms with Crippen molar-refractivity contribution in [1.82, 2.24) is 20.9 Å². The average Bonchev–Trinajstić information content (AvgIpc) is 3.13. The molecule has 28 heavy (non-hydrogen) atoms. The van der Waals surface area contributed by atoms with E-state index in [0.717, 1.165) is 19.5 Å². The van der Waals surface area contributed by atoms with Crippen LogP contribution >= 0.6 is 0 Å². The minimum absolute atomic E-state index is 0.142. The van der Waals surface area contributed by atoms with E-state index in [0.29, 0.717) is 37.6 Å². The Morgan fingerprint density at radius 3 is 2.82 bits per heavy atom.